The molecule has 0 aromatic carbocycles. The molecule has 0 saturated heterocycles. The molecule has 0 aliphatic carbocycles. The molecule has 4 atom stereocenters. The number of aliphatic hydroxyl groups is 6. The van der Waals surface area contributed by atoms with Gasteiger partial charge in [0, 0.05) is 0 Å². The van der Waals surface area contributed by atoms with Crippen molar-refractivity contribution in [3.8, 4) is 0 Å². The summed E-state index contributed by atoms with van der Waals surface area (Å²) < 4.78 is 0. The van der Waals surface area contributed by atoms with Crippen molar-refractivity contribution in [2.45, 2.75) is 198 Å². The molecule has 0 aliphatic heterocycles. The Labute approximate surface area is 235 Å². The molecule has 0 aliphatic rings. The van der Waals surface area contributed by atoms with E-state index in [-0.39, 0.29) is 0 Å². The highest BCUT2D eigenvalue weighted by Gasteiger charge is 2.43. The van der Waals surface area contributed by atoms with Gasteiger partial charge < -0.3 is 30.6 Å². The van der Waals surface area contributed by atoms with Crippen molar-refractivity contribution in [3.63, 3.8) is 0 Å². The van der Waals surface area contributed by atoms with E-state index in [1.807, 2.05) is 0 Å². The molecule has 0 bridgehead atoms. The van der Waals surface area contributed by atoms with Crippen LogP contribution in [0.1, 0.15) is 168 Å². The Morgan fingerprint density at radius 3 is 1.03 bits per heavy atom. The first kappa shape index (κ1) is 37.8. The minimum Gasteiger partial charge on any atom is -0.394 e. The Morgan fingerprint density at radius 1 is 0.447 bits per heavy atom. The fourth-order valence-electron chi connectivity index (χ4n) is 5.45. The van der Waals surface area contributed by atoms with Crippen molar-refractivity contribution in [2.75, 3.05) is 6.61 Å². The monoisotopic (exact) mass is 546 g/mol. The first-order valence-electron chi connectivity index (χ1n) is 16.4. The summed E-state index contributed by atoms with van der Waals surface area (Å²) >= 11 is 0. The topological polar surface area (TPSA) is 121 Å². The summed E-state index contributed by atoms with van der Waals surface area (Å²) in [6.45, 7) is 3.75. The Hall–Kier alpha value is -0.240. The predicted octanol–water partition coefficient (Wildman–Crippen LogP) is 6.56. The van der Waals surface area contributed by atoms with E-state index in [1.54, 1.807) is 0 Å². The van der Waals surface area contributed by atoms with Gasteiger partial charge in [0.25, 0.3) is 0 Å². The van der Waals surface area contributed by atoms with Crippen LogP contribution < -0.4 is 0 Å². The number of hydrogen-bond donors (Lipinski definition) is 6. The van der Waals surface area contributed by atoms with Gasteiger partial charge >= 0.3 is 0 Å². The summed E-state index contributed by atoms with van der Waals surface area (Å²) in [4.78, 5) is 0. The quantitative estimate of drug-likeness (QED) is 0.0591. The fourth-order valence-corrected chi connectivity index (χ4v) is 5.45. The first-order chi connectivity index (χ1) is 18.3. The SMILES string of the molecule is CCCCCCCCCCCCCC(O)(CCCCCCCCCCCCC)[C@@H](O)[C@@H](O)[C@H](O)[C@H](O)CO. The minimum absolute atomic E-state index is 0.349. The van der Waals surface area contributed by atoms with Crippen molar-refractivity contribution in [2.24, 2.45) is 0 Å². The normalized spacial score (nSPS) is 15.5. The maximum absolute atomic E-state index is 11.4. The van der Waals surface area contributed by atoms with E-state index < -0.39 is 36.6 Å². The summed E-state index contributed by atoms with van der Waals surface area (Å²) in [6.07, 6.45) is 20.3. The van der Waals surface area contributed by atoms with Crippen molar-refractivity contribution in [1.29, 1.82) is 0 Å². The van der Waals surface area contributed by atoms with Gasteiger partial charge in [-0.1, -0.05) is 155 Å². The zero-order chi connectivity index (χ0) is 28.5. The molecule has 0 heterocycles. The molecule has 230 valence electrons. The van der Waals surface area contributed by atoms with Crippen LogP contribution in [-0.4, -0.2) is 67.3 Å². The van der Waals surface area contributed by atoms with Gasteiger partial charge in [-0.3, -0.25) is 0 Å². The molecule has 0 fully saturated rings. The highest BCUT2D eigenvalue weighted by atomic mass is 16.4. The van der Waals surface area contributed by atoms with Crippen LogP contribution in [-0.2, 0) is 0 Å². The molecule has 6 nitrogen and oxygen atoms in total. The van der Waals surface area contributed by atoms with Crippen LogP contribution in [0.25, 0.3) is 0 Å². The maximum atomic E-state index is 11.4. The van der Waals surface area contributed by atoms with Crippen molar-refractivity contribution in [1.82, 2.24) is 0 Å². The van der Waals surface area contributed by atoms with E-state index >= 15 is 0 Å². The molecule has 0 aromatic rings. The Bertz CT molecular complexity index is 463. The molecule has 0 saturated carbocycles. The third-order valence-electron chi connectivity index (χ3n) is 8.23. The second-order valence-electron chi connectivity index (χ2n) is 11.9. The molecule has 0 spiro atoms. The molecular weight excluding hydrogens is 480 g/mol. The van der Waals surface area contributed by atoms with Crippen LogP contribution in [0.5, 0.6) is 0 Å². The largest absolute Gasteiger partial charge is 0.394 e. The van der Waals surface area contributed by atoms with Gasteiger partial charge in [0.1, 0.15) is 24.4 Å². The number of unbranched alkanes of at least 4 members (excludes halogenated alkanes) is 20. The summed E-state index contributed by atoms with van der Waals surface area (Å²) in [5, 5.41) is 61.6. The number of hydrogen-bond acceptors (Lipinski definition) is 6. The molecule has 38 heavy (non-hydrogen) atoms. The summed E-state index contributed by atoms with van der Waals surface area (Å²) in [7, 11) is 0. The molecule has 6 N–H and O–H groups in total. The maximum Gasteiger partial charge on any atom is 0.111 e. The molecule has 0 radical (unpaired) electrons. The van der Waals surface area contributed by atoms with E-state index in [9.17, 15) is 25.5 Å². The van der Waals surface area contributed by atoms with Gasteiger partial charge in [-0.2, -0.15) is 0 Å². The predicted molar refractivity (Wildman–Crippen MR) is 158 cm³/mol. The van der Waals surface area contributed by atoms with Crippen LogP contribution in [0, 0.1) is 0 Å². The van der Waals surface area contributed by atoms with Crippen LogP contribution >= 0.6 is 0 Å². The lowest BCUT2D eigenvalue weighted by atomic mass is 9.81. The second-order valence-corrected chi connectivity index (χ2v) is 11.9. The van der Waals surface area contributed by atoms with E-state index in [0.29, 0.717) is 12.8 Å². The van der Waals surface area contributed by atoms with E-state index in [4.69, 9.17) is 5.11 Å². The van der Waals surface area contributed by atoms with Gasteiger partial charge in [-0.05, 0) is 12.8 Å². The Morgan fingerprint density at radius 2 is 0.737 bits per heavy atom. The molecule has 0 amide bonds. The highest BCUT2D eigenvalue weighted by molar-refractivity contribution is 4.94. The Kier molecular flexibility index (Phi) is 25.5. The standard InChI is InChI=1S/C32H66O6/c1-3-5-7-9-11-13-15-17-19-21-23-25-32(38,31(37)30(36)29(35)28(34)27-33)26-24-22-20-18-16-14-12-10-8-6-4-2/h28-31,33-38H,3-27H2,1-2H3/t28-,29-,30+,31+/m1/s1. The average molecular weight is 547 g/mol. The van der Waals surface area contributed by atoms with Gasteiger partial charge in [0.05, 0.1) is 12.2 Å². The molecule has 0 rings (SSSR count). The lowest BCUT2D eigenvalue weighted by molar-refractivity contribution is -0.178. The van der Waals surface area contributed by atoms with Crippen LogP contribution in [0.4, 0.5) is 0 Å². The zero-order valence-electron chi connectivity index (χ0n) is 25.2. The van der Waals surface area contributed by atoms with Gasteiger partial charge in [0.15, 0.2) is 0 Å². The van der Waals surface area contributed by atoms with E-state index in [0.717, 1.165) is 38.5 Å². The molecule has 6 heteroatoms. The molecule has 0 unspecified atom stereocenters. The van der Waals surface area contributed by atoms with E-state index in [1.165, 1.54) is 103 Å². The van der Waals surface area contributed by atoms with E-state index in [2.05, 4.69) is 13.8 Å². The number of aliphatic hydroxyl groups excluding tert-OH is 5. The van der Waals surface area contributed by atoms with Crippen molar-refractivity contribution >= 4 is 0 Å². The fraction of sp³-hybridized carbons (Fsp3) is 1.00. The van der Waals surface area contributed by atoms with Crippen molar-refractivity contribution < 1.29 is 30.6 Å². The van der Waals surface area contributed by atoms with Crippen LogP contribution in [0.2, 0.25) is 0 Å². The van der Waals surface area contributed by atoms with Crippen molar-refractivity contribution in [3.05, 3.63) is 0 Å². The molecule has 0 aromatic heterocycles. The zero-order valence-corrected chi connectivity index (χ0v) is 25.2. The van der Waals surface area contributed by atoms with Crippen LogP contribution in [0.3, 0.4) is 0 Å². The lowest BCUT2D eigenvalue weighted by Crippen LogP contribution is -2.56. The molecular formula is C32H66O6. The van der Waals surface area contributed by atoms with Gasteiger partial charge in [-0.25, -0.2) is 0 Å². The van der Waals surface area contributed by atoms with Gasteiger partial charge in [0.2, 0.25) is 0 Å². The third kappa shape index (κ3) is 18.9. The Balaban J connectivity index is 4.44. The van der Waals surface area contributed by atoms with Gasteiger partial charge in [-0.15, -0.1) is 0 Å². The average Bonchev–Trinajstić information content (AvgIpc) is 2.92. The minimum atomic E-state index is -1.72. The highest BCUT2D eigenvalue weighted by Crippen LogP contribution is 2.30. The first-order valence-corrected chi connectivity index (χ1v) is 16.4. The summed E-state index contributed by atoms with van der Waals surface area (Å²) in [6, 6.07) is 0. The lowest BCUT2D eigenvalue weighted by Gasteiger charge is -2.38. The summed E-state index contributed by atoms with van der Waals surface area (Å²) in [5.74, 6) is 0. The summed E-state index contributed by atoms with van der Waals surface area (Å²) in [5.41, 5.74) is -1.52. The van der Waals surface area contributed by atoms with Crippen LogP contribution in [0.15, 0.2) is 0 Å². The smallest absolute Gasteiger partial charge is 0.111 e. The second kappa shape index (κ2) is 25.7. The number of rotatable bonds is 29. The third-order valence-corrected chi connectivity index (χ3v) is 8.23.